The lowest BCUT2D eigenvalue weighted by molar-refractivity contribution is -0.274. The Morgan fingerprint density at radius 2 is 1.73 bits per heavy atom. The molecule has 1 amide bonds. The van der Waals surface area contributed by atoms with E-state index in [0.29, 0.717) is 17.3 Å². The summed E-state index contributed by atoms with van der Waals surface area (Å²) in [4.78, 5) is 16.5. The summed E-state index contributed by atoms with van der Waals surface area (Å²) in [5, 5.41) is 2.71. The largest absolute Gasteiger partial charge is 0.573 e. The zero-order valence-corrected chi connectivity index (χ0v) is 17.3. The highest BCUT2D eigenvalue weighted by atomic mass is 19.4. The van der Waals surface area contributed by atoms with Crippen molar-refractivity contribution in [1.82, 2.24) is 10.3 Å². The molecule has 0 atom stereocenters. The number of halogens is 4. The van der Waals surface area contributed by atoms with Gasteiger partial charge in [0.1, 0.15) is 28.9 Å². The molecule has 0 spiro atoms. The van der Waals surface area contributed by atoms with Crippen molar-refractivity contribution in [3.8, 4) is 17.2 Å². The maximum Gasteiger partial charge on any atom is 0.573 e. The molecule has 0 bridgehead atoms. The van der Waals surface area contributed by atoms with Gasteiger partial charge in [0, 0.05) is 31.9 Å². The monoisotopic (exact) mass is 465 g/mol. The predicted molar refractivity (Wildman–Crippen MR) is 110 cm³/mol. The van der Waals surface area contributed by atoms with Gasteiger partial charge in [0.2, 0.25) is 0 Å². The standard InChI is InChI=1S/C22H19F4N3O4/c1-31-12-15-4-7-19(20(27)29-15)21(30)28-11-13-2-5-16(6-3-13)32-17-8-14(23)9-18(10-17)33-22(24,25)26/h2-10H,11-12H2,1H3,(H2,27,29)(H,28,30). The van der Waals surface area contributed by atoms with Crippen LogP contribution in [0.15, 0.2) is 54.6 Å². The third-order valence-corrected chi connectivity index (χ3v) is 4.21. The van der Waals surface area contributed by atoms with E-state index in [1.807, 2.05) is 0 Å². The number of methoxy groups -OCH3 is 1. The maximum atomic E-state index is 13.6. The van der Waals surface area contributed by atoms with Crippen molar-refractivity contribution in [1.29, 1.82) is 0 Å². The van der Waals surface area contributed by atoms with E-state index in [9.17, 15) is 22.4 Å². The van der Waals surface area contributed by atoms with E-state index >= 15 is 0 Å². The van der Waals surface area contributed by atoms with Crippen LogP contribution in [0.5, 0.6) is 17.2 Å². The zero-order valence-electron chi connectivity index (χ0n) is 17.3. The summed E-state index contributed by atoms with van der Waals surface area (Å²) in [6.45, 7) is 0.439. The molecule has 0 saturated heterocycles. The smallest absolute Gasteiger partial charge is 0.457 e. The average molecular weight is 465 g/mol. The van der Waals surface area contributed by atoms with Crippen LogP contribution in [0.2, 0.25) is 0 Å². The van der Waals surface area contributed by atoms with Gasteiger partial charge in [-0.05, 0) is 29.8 Å². The van der Waals surface area contributed by atoms with E-state index in [0.717, 1.165) is 12.1 Å². The molecule has 3 N–H and O–H groups in total. The third-order valence-electron chi connectivity index (χ3n) is 4.21. The highest BCUT2D eigenvalue weighted by molar-refractivity contribution is 5.98. The zero-order chi connectivity index (χ0) is 24.0. The van der Waals surface area contributed by atoms with Crippen LogP contribution in [0.4, 0.5) is 23.4 Å². The molecule has 174 valence electrons. The number of amides is 1. The number of nitrogens with one attached hydrogen (secondary N) is 1. The van der Waals surface area contributed by atoms with Crippen molar-refractivity contribution in [2.24, 2.45) is 0 Å². The minimum absolute atomic E-state index is 0.0785. The lowest BCUT2D eigenvalue weighted by Gasteiger charge is -2.12. The Labute approximate surface area is 186 Å². The number of nitrogens with zero attached hydrogens (tertiary/aromatic N) is 1. The number of carbonyl (C=O) groups is 1. The Bertz CT molecular complexity index is 1120. The second kappa shape index (κ2) is 10.2. The SMILES string of the molecule is COCc1ccc(C(=O)NCc2ccc(Oc3cc(F)cc(OC(F)(F)F)c3)cc2)c(N)n1. The number of alkyl halides is 3. The fraction of sp³-hybridized carbons (Fsp3) is 0.182. The molecule has 0 aliphatic rings. The number of ether oxygens (including phenoxy) is 3. The summed E-state index contributed by atoms with van der Waals surface area (Å²) < 4.78 is 64.7. The van der Waals surface area contributed by atoms with Crippen molar-refractivity contribution >= 4 is 11.7 Å². The summed E-state index contributed by atoms with van der Waals surface area (Å²) in [5.74, 6) is -1.95. The van der Waals surface area contributed by atoms with Gasteiger partial charge >= 0.3 is 6.36 Å². The van der Waals surface area contributed by atoms with E-state index in [4.69, 9.17) is 15.2 Å². The summed E-state index contributed by atoms with van der Waals surface area (Å²) in [5.41, 5.74) is 7.35. The number of pyridine rings is 1. The Balaban J connectivity index is 1.60. The van der Waals surface area contributed by atoms with Crippen LogP contribution in [0.1, 0.15) is 21.6 Å². The molecule has 1 aromatic heterocycles. The van der Waals surface area contributed by atoms with E-state index in [-0.39, 0.29) is 36.0 Å². The van der Waals surface area contributed by atoms with Gasteiger partial charge in [-0.2, -0.15) is 0 Å². The number of hydrogen-bond donors (Lipinski definition) is 2. The number of aromatic nitrogens is 1. The molecule has 7 nitrogen and oxygen atoms in total. The molecular weight excluding hydrogens is 446 g/mol. The van der Waals surface area contributed by atoms with Crippen LogP contribution in [0.3, 0.4) is 0 Å². The van der Waals surface area contributed by atoms with Crippen molar-refractivity contribution in [3.63, 3.8) is 0 Å². The van der Waals surface area contributed by atoms with Gasteiger partial charge in [-0.3, -0.25) is 4.79 Å². The van der Waals surface area contributed by atoms with Gasteiger partial charge in [0.05, 0.1) is 17.9 Å². The molecule has 3 aromatic rings. The second-order valence-corrected chi connectivity index (χ2v) is 6.77. The molecule has 2 aromatic carbocycles. The first-order valence-electron chi connectivity index (χ1n) is 9.48. The quantitative estimate of drug-likeness (QED) is 0.473. The van der Waals surface area contributed by atoms with Gasteiger partial charge < -0.3 is 25.3 Å². The molecule has 0 radical (unpaired) electrons. The van der Waals surface area contributed by atoms with E-state index in [1.165, 1.54) is 19.2 Å². The van der Waals surface area contributed by atoms with Crippen molar-refractivity contribution in [2.45, 2.75) is 19.5 Å². The second-order valence-electron chi connectivity index (χ2n) is 6.77. The minimum atomic E-state index is -4.95. The molecule has 0 unspecified atom stereocenters. The highest BCUT2D eigenvalue weighted by Gasteiger charge is 2.31. The van der Waals surface area contributed by atoms with Crippen molar-refractivity contribution in [2.75, 3.05) is 12.8 Å². The summed E-state index contributed by atoms with van der Waals surface area (Å²) >= 11 is 0. The highest BCUT2D eigenvalue weighted by Crippen LogP contribution is 2.30. The van der Waals surface area contributed by atoms with Crippen LogP contribution < -0.4 is 20.5 Å². The van der Waals surface area contributed by atoms with Crippen molar-refractivity contribution < 1.29 is 36.6 Å². The van der Waals surface area contributed by atoms with Crippen LogP contribution in [0, 0.1) is 5.82 Å². The summed E-state index contributed by atoms with van der Waals surface area (Å²) in [6.07, 6.45) is -4.95. The van der Waals surface area contributed by atoms with Gasteiger partial charge in [-0.15, -0.1) is 13.2 Å². The lowest BCUT2D eigenvalue weighted by Crippen LogP contribution is -2.24. The van der Waals surface area contributed by atoms with Gasteiger partial charge in [0.15, 0.2) is 0 Å². The van der Waals surface area contributed by atoms with Gasteiger partial charge in [0.25, 0.3) is 5.91 Å². The maximum absolute atomic E-state index is 13.6. The summed E-state index contributed by atoms with van der Waals surface area (Å²) in [7, 11) is 1.52. The van der Waals surface area contributed by atoms with Crippen LogP contribution in [-0.4, -0.2) is 24.4 Å². The molecule has 0 aliphatic heterocycles. The molecule has 0 saturated carbocycles. The first-order valence-corrected chi connectivity index (χ1v) is 9.48. The normalized spacial score (nSPS) is 11.2. The number of rotatable bonds is 8. The first-order chi connectivity index (χ1) is 15.6. The third kappa shape index (κ3) is 7.07. The lowest BCUT2D eigenvalue weighted by atomic mass is 10.2. The van der Waals surface area contributed by atoms with E-state index < -0.39 is 23.8 Å². The Morgan fingerprint density at radius 3 is 2.36 bits per heavy atom. The molecular formula is C22H19F4N3O4. The van der Waals surface area contributed by atoms with Gasteiger partial charge in [-0.25, -0.2) is 9.37 Å². The molecule has 0 aliphatic carbocycles. The number of carbonyl (C=O) groups excluding carboxylic acids is 1. The van der Waals surface area contributed by atoms with Gasteiger partial charge in [-0.1, -0.05) is 12.1 Å². The Morgan fingerprint density at radius 1 is 1.03 bits per heavy atom. The van der Waals surface area contributed by atoms with Crippen molar-refractivity contribution in [3.05, 3.63) is 77.2 Å². The molecule has 3 rings (SSSR count). The molecule has 33 heavy (non-hydrogen) atoms. The first kappa shape index (κ1) is 23.8. The number of hydrogen-bond acceptors (Lipinski definition) is 6. The molecule has 1 heterocycles. The van der Waals surface area contributed by atoms with Crippen LogP contribution in [0.25, 0.3) is 0 Å². The number of nitrogen functional groups attached to an aromatic ring is 1. The van der Waals surface area contributed by atoms with E-state index in [2.05, 4.69) is 15.0 Å². The molecule has 11 heteroatoms. The van der Waals surface area contributed by atoms with E-state index in [1.54, 1.807) is 24.3 Å². The number of nitrogens with two attached hydrogens (primary N) is 1. The van der Waals surface area contributed by atoms with Crippen LogP contribution >= 0.6 is 0 Å². The number of benzene rings is 2. The molecule has 0 fully saturated rings. The van der Waals surface area contributed by atoms with Crippen LogP contribution in [-0.2, 0) is 17.9 Å². The average Bonchev–Trinajstić information content (AvgIpc) is 2.72. The summed E-state index contributed by atoms with van der Waals surface area (Å²) in [6, 6.07) is 11.9. The Kier molecular flexibility index (Phi) is 7.34. The topological polar surface area (TPSA) is 95.7 Å². The predicted octanol–water partition coefficient (Wildman–Crippen LogP) is 4.57. The Hall–Kier alpha value is -3.86. The number of anilines is 1. The fourth-order valence-corrected chi connectivity index (χ4v) is 2.81. The fourth-order valence-electron chi connectivity index (χ4n) is 2.81. The minimum Gasteiger partial charge on any atom is -0.457 e.